The van der Waals surface area contributed by atoms with Crippen LogP contribution < -0.4 is 10.2 Å². The van der Waals surface area contributed by atoms with Gasteiger partial charge in [-0.1, -0.05) is 30.4 Å². The Hall–Kier alpha value is -1.61. The van der Waals surface area contributed by atoms with Crippen molar-refractivity contribution in [3.8, 4) is 0 Å². The second-order valence-electron chi connectivity index (χ2n) is 4.15. The van der Waals surface area contributed by atoms with E-state index in [2.05, 4.69) is 36.3 Å². The minimum Gasteiger partial charge on any atom is -0.392 e. The number of para-hydroxylation sites is 1. The molecular weight excluding hydrogens is 240 g/mol. The maximum absolute atomic E-state index is 5.07. The summed E-state index contributed by atoms with van der Waals surface area (Å²) in [5.41, 5.74) is 3.50. The molecule has 1 N–H and O–H groups in total. The van der Waals surface area contributed by atoms with Gasteiger partial charge in [0.05, 0.1) is 5.70 Å². The standard InChI is InChI=1S/C15H20N2S/c1-12-7-5-6-8-15(12)17(4)14(11-16-3)10-9-13(2)18/h5-11,16H,1-4H3/b10-9-,14-11+. The molecule has 0 atom stereocenters. The number of hydrogen-bond donors (Lipinski definition) is 1. The number of allylic oxidation sites excluding steroid dienone is 2. The number of rotatable bonds is 5. The van der Waals surface area contributed by atoms with E-state index in [1.54, 1.807) is 0 Å². The van der Waals surface area contributed by atoms with E-state index in [1.165, 1.54) is 11.3 Å². The number of aryl methyl sites for hydroxylation is 1. The van der Waals surface area contributed by atoms with E-state index in [-0.39, 0.29) is 0 Å². The van der Waals surface area contributed by atoms with Crippen molar-refractivity contribution in [3.63, 3.8) is 0 Å². The van der Waals surface area contributed by atoms with Gasteiger partial charge in [-0.05, 0) is 37.6 Å². The molecule has 0 heterocycles. The van der Waals surface area contributed by atoms with Crippen molar-refractivity contribution in [1.82, 2.24) is 5.32 Å². The van der Waals surface area contributed by atoms with Gasteiger partial charge in [0.25, 0.3) is 0 Å². The highest BCUT2D eigenvalue weighted by atomic mass is 32.1. The van der Waals surface area contributed by atoms with E-state index in [9.17, 15) is 0 Å². The summed E-state index contributed by atoms with van der Waals surface area (Å²) in [5, 5.41) is 3.06. The van der Waals surface area contributed by atoms with Gasteiger partial charge in [-0.25, -0.2) is 0 Å². The third-order valence-corrected chi connectivity index (χ3v) is 2.78. The zero-order valence-electron chi connectivity index (χ0n) is 11.4. The molecule has 0 unspecified atom stereocenters. The first-order chi connectivity index (χ1) is 8.56. The summed E-state index contributed by atoms with van der Waals surface area (Å²) < 4.78 is 0. The SMILES string of the molecule is CN/C=C(\C=C/C(C)=S)N(C)c1ccccc1C. The molecule has 0 fully saturated rings. The molecule has 0 radical (unpaired) electrons. The molecule has 0 spiro atoms. The highest BCUT2D eigenvalue weighted by Crippen LogP contribution is 2.21. The normalized spacial score (nSPS) is 11.7. The quantitative estimate of drug-likeness (QED) is 0.496. The summed E-state index contributed by atoms with van der Waals surface area (Å²) in [5.74, 6) is 0. The Labute approximate surface area is 115 Å². The topological polar surface area (TPSA) is 15.3 Å². The van der Waals surface area contributed by atoms with Crippen molar-refractivity contribution in [2.45, 2.75) is 13.8 Å². The van der Waals surface area contributed by atoms with Crippen LogP contribution in [0.25, 0.3) is 0 Å². The Kier molecular flexibility index (Phi) is 5.59. The van der Waals surface area contributed by atoms with Crippen molar-refractivity contribution >= 4 is 22.8 Å². The zero-order chi connectivity index (χ0) is 13.5. The molecule has 1 rings (SSSR count). The van der Waals surface area contributed by atoms with Crippen molar-refractivity contribution < 1.29 is 0 Å². The molecule has 0 aliphatic heterocycles. The Morgan fingerprint density at radius 2 is 1.94 bits per heavy atom. The maximum atomic E-state index is 5.07. The minimum atomic E-state index is 0.871. The third kappa shape index (κ3) is 4.00. The van der Waals surface area contributed by atoms with E-state index in [0.717, 1.165) is 10.6 Å². The summed E-state index contributed by atoms with van der Waals surface area (Å²) >= 11 is 5.07. The van der Waals surface area contributed by atoms with Crippen LogP contribution in [0.3, 0.4) is 0 Å². The van der Waals surface area contributed by atoms with Crippen molar-refractivity contribution in [1.29, 1.82) is 0 Å². The first kappa shape index (κ1) is 14.5. The second-order valence-corrected chi connectivity index (χ2v) is 4.79. The second kappa shape index (κ2) is 6.97. The molecule has 1 aromatic carbocycles. The van der Waals surface area contributed by atoms with Gasteiger partial charge in [-0.3, -0.25) is 0 Å². The molecule has 0 amide bonds. The molecular formula is C15H20N2S. The summed E-state index contributed by atoms with van der Waals surface area (Å²) in [6, 6.07) is 8.31. The monoisotopic (exact) mass is 260 g/mol. The maximum Gasteiger partial charge on any atom is 0.0568 e. The highest BCUT2D eigenvalue weighted by molar-refractivity contribution is 7.80. The minimum absolute atomic E-state index is 0.871. The van der Waals surface area contributed by atoms with Gasteiger partial charge in [-0.2, -0.15) is 0 Å². The average Bonchev–Trinajstić information content (AvgIpc) is 2.34. The predicted octanol–water partition coefficient (Wildman–Crippen LogP) is 3.44. The summed E-state index contributed by atoms with van der Waals surface area (Å²) in [6.45, 7) is 4.02. The molecule has 0 aliphatic rings. The molecule has 96 valence electrons. The van der Waals surface area contributed by atoms with E-state index in [0.29, 0.717) is 0 Å². The number of benzene rings is 1. The number of nitrogens with one attached hydrogen (secondary N) is 1. The van der Waals surface area contributed by atoms with Crippen LogP contribution in [0.4, 0.5) is 5.69 Å². The largest absolute Gasteiger partial charge is 0.392 e. The first-order valence-electron chi connectivity index (χ1n) is 5.91. The fourth-order valence-electron chi connectivity index (χ4n) is 1.69. The molecule has 0 bridgehead atoms. The Morgan fingerprint density at radius 3 is 2.50 bits per heavy atom. The van der Waals surface area contributed by atoms with Crippen LogP contribution in [0.5, 0.6) is 0 Å². The van der Waals surface area contributed by atoms with Crippen LogP contribution in [-0.2, 0) is 0 Å². The Bertz CT molecular complexity index is 475. The lowest BCUT2D eigenvalue weighted by Gasteiger charge is -2.22. The van der Waals surface area contributed by atoms with Gasteiger partial charge < -0.3 is 10.2 Å². The van der Waals surface area contributed by atoms with Crippen LogP contribution in [0.1, 0.15) is 12.5 Å². The third-order valence-electron chi connectivity index (χ3n) is 2.65. The Balaban J connectivity index is 3.04. The van der Waals surface area contributed by atoms with Crippen LogP contribution in [0, 0.1) is 6.92 Å². The van der Waals surface area contributed by atoms with Gasteiger partial charge in [0.2, 0.25) is 0 Å². The molecule has 0 saturated carbocycles. The van der Waals surface area contributed by atoms with E-state index >= 15 is 0 Å². The first-order valence-corrected chi connectivity index (χ1v) is 6.32. The fraction of sp³-hybridized carbons (Fsp3) is 0.267. The lowest BCUT2D eigenvalue weighted by Crippen LogP contribution is -2.18. The summed E-state index contributed by atoms with van der Waals surface area (Å²) in [7, 11) is 3.94. The Morgan fingerprint density at radius 1 is 1.28 bits per heavy atom. The lowest BCUT2D eigenvalue weighted by atomic mass is 10.1. The lowest BCUT2D eigenvalue weighted by molar-refractivity contribution is 1.03. The van der Waals surface area contributed by atoms with Crippen LogP contribution >= 0.6 is 12.2 Å². The van der Waals surface area contributed by atoms with Crippen molar-refractivity contribution in [2.24, 2.45) is 0 Å². The van der Waals surface area contributed by atoms with Crippen LogP contribution in [0.2, 0.25) is 0 Å². The van der Waals surface area contributed by atoms with Gasteiger partial charge in [0.1, 0.15) is 0 Å². The average molecular weight is 260 g/mol. The fourth-order valence-corrected chi connectivity index (χ4v) is 1.75. The molecule has 1 aromatic rings. The van der Waals surface area contributed by atoms with E-state index in [4.69, 9.17) is 12.2 Å². The smallest absolute Gasteiger partial charge is 0.0568 e. The van der Waals surface area contributed by atoms with Gasteiger partial charge in [-0.15, -0.1) is 0 Å². The summed E-state index contributed by atoms with van der Waals surface area (Å²) in [4.78, 5) is 3.01. The molecule has 3 heteroatoms. The van der Waals surface area contributed by atoms with Crippen molar-refractivity contribution in [2.75, 3.05) is 19.0 Å². The van der Waals surface area contributed by atoms with Gasteiger partial charge in [0, 0.05) is 30.8 Å². The predicted molar refractivity (Wildman–Crippen MR) is 84.1 cm³/mol. The van der Waals surface area contributed by atoms with E-state index < -0.39 is 0 Å². The number of hydrogen-bond acceptors (Lipinski definition) is 3. The number of anilines is 1. The van der Waals surface area contributed by atoms with Gasteiger partial charge in [0.15, 0.2) is 0 Å². The molecule has 2 nitrogen and oxygen atoms in total. The van der Waals surface area contributed by atoms with Gasteiger partial charge >= 0.3 is 0 Å². The molecule has 18 heavy (non-hydrogen) atoms. The molecule has 0 saturated heterocycles. The van der Waals surface area contributed by atoms with Crippen LogP contribution in [0.15, 0.2) is 48.3 Å². The summed E-state index contributed by atoms with van der Waals surface area (Å²) in [6.07, 6.45) is 5.92. The number of likely N-dealkylation sites (N-methyl/N-ethyl adjacent to an activating group) is 1. The number of nitrogens with zero attached hydrogens (tertiary/aromatic N) is 1. The van der Waals surface area contributed by atoms with E-state index in [1.807, 2.05) is 44.5 Å². The van der Waals surface area contributed by atoms with Crippen LogP contribution in [-0.4, -0.2) is 19.0 Å². The van der Waals surface area contributed by atoms with Crippen molar-refractivity contribution in [3.05, 3.63) is 53.9 Å². The molecule has 0 aromatic heterocycles. The highest BCUT2D eigenvalue weighted by Gasteiger charge is 2.06. The number of thiocarbonyl (C=S) groups is 1. The zero-order valence-corrected chi connectivity index (χ0v) is 12.2. The molecule has 0 aliphatic carbocycles.